The van der Waals surface area contributed by atoms with Gasteiger partial charge in [0.1, 0.15) is 11.5 Å². The van der Waals surface area contributed by atoms with Crippen molar-refractivity contribution in [1.29, 1.82) is 0 Å². The number of nitrogens with zero attached hydrogens (tertiary/aromatic N) is 1. The molecule has 0 bridgehead atoms. The normalized spacial score (nSPS) is 15.2. The zero-order valence-corrected chi connectivity index (χ0v) is 9.82. The fourth-order valence-corrected chi connectivity index (χ4v) is 1.40. The number of aromatic nitrogens is 1. The molecule has 2 atom stereocenters. The molecule has 2 unspecified atom stereocenters. The van der Waals surface area contributed by atoms with Crippen molar-refractivity contribution >= 4 is 0 Å². The Kier molecular flexibility index (Phi) is 4.78. The summed E-state index contributed by atoms with van der Waals surface area (Å²) in [5.41, 5.74) is 0.758. The Labute approximate surface area is 90.6 Å². The van der Waals surface area contributed by atoms with Crippen LogP contribution in [0.3, 0.4) is 0 Å². The Morgan fingerprint density at radius 2 is 2.20 bits per heavy atom. The summed E-state index contributed by atoms with van der Waals surface area (Å²) in [5, 5.41) is 0. The molecule has 0 aliphatic rings. The highest BCUT2D eigenvalue weighted by Crippen LogP contribution is 2.28. The van der Waals surface area contributed by atoms with Gasteiger partial charge in [-0.05, 0) is 13.3 Å². The van der Waals surface area contributed by atoms with E-state index in [9.17, 15) is 0 Å². The van der Waals surface area contributed by atoms with E-state index in [1.807, 2.05) is 6.92 Å². The highest BCUT2D eigenvalue weighted by atomic mass is 16.7. The summed E-state index contributed by atoms with van der Waals surface area (Å²) in [7, 11) is 1.61. The summed E-state index contributed by atoms with van der Waals surface area (Å²) >= 11 is 0. The van der Waals surface area contributed by atoms with Crippen LogP contribution in [0.1, 0.15) is 50.9 Å². The first kappa shape index (κ1) is 12.2. The van der Waals surface area contributed by atoms with Crippen LogP contribution in [0.4, 0.5) is 0 Å². The number of hydrogen-bond donors (Lipinski definition) is 0. The summed E-state index contributed by atoms with van der Waals surface area (Å²) in [4.78, 5) is 4.16. The molecule has 1 aromatic heterocycles. The predicted octanol–water partition coefficient (Wildman–Crippen LogP) is 2.87. The summed E-state index contributed by atoms with van der Waals surface area (Å²) in [6.07, 6.45) is 2.03. The lowest BCUT2D eigenvalue weighted by atomic mass is 10.0. The Morgan fingerprint density at radius 3 is 2.73 bits per heavy atom. The van der Waals surface area contributed by atoms with Crippen molar-refractivity contribution in [3.05, 3.63) is 17.8 Å². The van der Waals surface area contributed by atoms with Gasteiger partial charge in [-0.2, -0.15) is 0 Å². The molecule has 15 heavy (non-hydrogen) atoms. The summed E-state index contributed by atoms with van der Waals surface area (Å²) in [5.74, 6) is 1.19. The lowest BCUT2D eigenvalue weighted by Gasteiger charge is -2.15. The minimum absolute atomic E-state index is 0.334. The molecule has 0 aromatic carbocycles. The van der Waals surface area contributed by atoms with E-state index in [1.54, 1.807) is 7.11 Å². The standard InChI is InChI=1S/C11H19NO3/c1-5-8(3)10-9(12-7-15-10)11(13-4)14-6-2/h7-8,11H,5-6H2,1-4H3. The van der Waals surface area contributed by atoms with E-state index >= 15 is 0 Å². The number of rotatable bonds is 6. The van der Waals surface area contributed by atoms with Crippen molar-refractivity contribution in [3.63, 3.8) is 0 Å². The third kappa shape index (κ3) is 2.79. The van der Waals surface area contributed by atoms with E-state index < -0.39 is 6.29 Å². The fraction of sp³-hybridized carbons (Fsp3) is 0.727. The first-order chi connectivity index (χ1) is 7.24. The molecule has 0 aliphatic carbocycles. The van der Waals surface area contributed by atoms with Crippen LogP contribution in [-0.2, 0) is 9.47 Å². The van der Waals surface area contributed by atoms with Gasteiger partial charge < -0.3 is 13.9 Å². The van der Waals surface area contributed by atoms with E-state index in [0.29, 0.717) is 12.5 Å². The number of oxazole rings is 1. The van der Waals surface area contributed by atoms with Gasteiger partial charge in [-0.15, -0.1) is 0 Å². The lowest BCUT2D eigenvalue weighted by molar-refractivity contribution is -0.127. The van der Waals surface area contributed by atoms with Crippen molar-refractivity contribution in [2.24, 2.45) is 0 Å². The SMILES string of the molecule is CCOC(OC)c1ncoc1C(C)CC. The first-order valence-electron chi connectivity index (χ1n) is 5.32. The van der Waals surface area contributed by atoms with Gasteiger partial charge in [-0.3, -0.25) is 0 Å². The van der Waals surface area contributed by atoms with Gasteiger partial charge in [0.2, 0.25) is 6.29 Å². The van der Waals surface area contributed by atoms with Crippen molar-refractivity contribution in [3.8, 4) is 0 Å². The van der Waals surface area contributed by atoms with E-state index in [4.69, 9.17) is 13.9 Å². The molecular weight excluding hydrogens is 194 g/mol. The van der Waals surface area contributed by atoms with Gasteiger partial charge in [0.05, 0.1) is 0 Å². The van der Waals surface area contributed by atoms with Crippen LogP contribution in [-0.4, -0.2) is 18.7 Å². The molecule has 1 heterocycles. The maximum Gasteiger partial charge on any atom is 0.204 e. The van der Waals surface area contributed by atoms with Crippen molar-refractivity contribution < 1.29 is 13.9 Å². The Bertz CT molecular complexity index is 285. The van der Waals surface area contributed by atoms with E-state index in [1.165, 1.54) is 6.39 Å². The molecule has 1 aromatic rings. The first-order valence-corrected chi connectivity index (χ1v) is 5.32. The van der Waals surface area contributed by atoms with Crippen LogP contribution in [0.2, 0.25) is 0 Å². The zero-order chi connectivity index (χ0) is 11.3. The Balaban J connectivity index is 2.86. The molecule has 1 rings (SSSR count). The molecule has 4 heteroatoms. The van der Waals surface area contributed by atoms with Gasteiger partial charge in [0.25, 0.3) is 0 Å². The van der Waals surface area contributed by atoms with Crippen LogP contribution < -0.4 is 0 Å². The van der Waals surface area contributed by atoms with Crippen LogP contribution >= 0.6 is 0 Å². The second-order valence-corrected chi connectivity index (χ2v) is 3.43. The Morgan fingerprint density at radius 1 is 1.47 bits per heavy atom. The number of ether oxygens (including phenoxy) is 2. The molecule has 0 N–H and O–H groups in total. The van der Waals surface area contributed by atoms with Crippen LogP contribution in [0, 0.1) is 0 Å². The van der Waals surface area contributed by atoms with Crippen LogP contribution in [0.5, 0.6) is 0 Å². The van der Waals surface area contributed by atoms with Gasteiger partial charge in [0, 0.05) is 19.6 Å². The van der Waals surface area contributed by atoms with Crippen LogP contribution in [0.15, 0.2) is 10.8 Å². The minimum atomic E-state index is -0.419. The summed E-state index contributed by atoms with van der Waals surface area (Å²) < 4.78 is 16.0. The van der Waals surface area contributed by atoms with Crippen molar-refractivity contribution in [2.75, 3.05) is 13.7 Å². The monoisotopic (exact) mass is 213 g/mol. The van der Waals surface area contributed by atoms with Crippen molar-refractivity contribution in [2.45, 2.75) is 39.4 Å². The van der Waals surface area contributed by atoms with E-state index in [2.05, 4.69) is 18.8 Å². The third-order valence-corrected chi connectivity index (χ3v) is 2.44. The zero-order valence-electron chi connectivity index (χ0n) is 9.82. The molecule has 0 spiro atoms. The topological polar surface area (TPSA) is 44.5 Å². The third-order valence-electron chi connectivity index (χ3n) is 2.44. The van der Waals surface area contributed by atoms with E-state index in [0.717, 1.165) is 17.9 Å². The fourth-order valence-electron chi connectivity index (χ4n) is 1.40. The second-order valence-electron chi connectivity index (χ2n) is 3.43. The maximum absolute atomic E-state index is 5.43. The van der Waals surface area contributed by atoms with Gasteiger partial charge in [-0.25, -0.2) is 4.98 Å². The molecule has 0 amide bonds. The van der Waals surface area contributed by atoms with Gasteiger partial charge in [0.15, 0.2) is 6.39 Å². The van der Waals surface area contributed by atoms with E-state index in [-0.39, 0.29) is 0 Å². The van der Waals surface area contributed by atoms with Crippen molar-refractivity contribution in [1.82, 2.24) is 4.98 Å². The van der Waals surface area contributed by atoms with Gasteiger partial charge >= 0.3 is 0 Å². The summed E-state index contributed by atoms with van der Waals surface area (Å²) in [6.45, 7) is 6.72. The summed E-state index contributed by atoms with van der Waals surface area (Å²) in [6, 6.07) is 0. The molecule has 0 saturated heterocycles. The predicted molar refractivity (Wildman–Crippen MR) is 56.6 cm³/mol. The lowest BCUT2D eigenvalue weighted by Crippen LogP contribution is -2.10. The molecule has 0 radical (unpaired) electrons. The molecule has 4 nitrogen and oxygen atoms in total. The molecule has 0 aliphatic heterocycles. The smallest absolute Gasteiger partial charge is 0.204 e. The van der Waals surface area contributed by atoms with Crippen LogP contribution in [0.25, 0.3) is 0 Å². The quantitative estimate of drug-likeness (QED) is 0.681. The molecule has 0 saturated carbocycles. The minimum Gasteiger partial charge on any atom is -0.448 e. The Hall–Kier alpha value is -0.870. The number of methoxy groups -OCH3 is 1. The largest absolute Gasteiger partial charge is 0.448 e. The maximum atomic E-state index is 5.43. The van der Waals surface area contributed by atoms with Gasteiger partial charge in [-0.1, -0.05) is 13.8 Å². The average Bonchev–Trinajstić information content (AvgIpc) is 2.73. The average molecular weight is 213 g/mol. The molecule has 86 valence electrons. The highest BCUT2D eigenvalue weighted by molar-refractivity contribution is 5.13. The molecular formula is C11H19NO3. The number of hydrogen-bond acceptors (Lipinski definition) is 4. The molecule has 0 fully saturated rings. The second kappa shape index (κ2) is 5.88. The highest BCUT2D eigenvalue weighted by Gasteiger charge is 2.22.